The summed E-state index contributed by atoms with van der Waals surface area (Å²) >= 11 is 4.01. The highest BCUT2D eigenvalue weighted by molar-refractivity contribution is 7.83. The van der Waals surface area contributed by atoms with Crippen LogP contribution >= 0.6 is 12.6 Å². The zero-order valence-corrected chi connectivity index (χ0v) is 8.81. The van der Waals surface area contributed by atoms with Crippen LogP contribution in [0.15, 0.2) is 17.5 Å². The van der Waals surface area contributed by atoms with Crippen molar-refractivity contribution < 1.29 is 5.11 Å². The molecule has 0 aliphatic carbocycles. The van der Waals surface area contributed by atoms with Gasteiger partial charge in [0.15, 0.2) is 0 Å². The van der Waals surface area contributed by atoms with Gasteiger partial charge in [0.25, 0.3) is 0 Å². The van der Waals surface area contributed by atoms with Crippen LogP contribution in [0.2, 0.25) is 0 Å². The Morgan fingerprint density at radius 2 is 2.15 bits per heavy atom. The lowest BCUT2D eigenvalue weighted by molar-refractivity contribution is 0.470. The third kappa shape index (κ3) is 2.28. The van der Waals surface area contributed by atoms with Crippen LogP contribution in [0.3, 0.4) is 0 Å². The Morgan fingerprint density at radius 3 is 2.69 bits per heavy atom. The first-order chi connectivity index (χ1) is 6.19. The molecular formula is C11H14OS. The van der Waals surface area contributed by atoms with E-state index in [-0.39, 0.29) is 0 Å². The van der Waals surface area contributed by atoms with Crippen molar-refractivity contribution in [3.8, 4) is 5.75 Å². The molecule has 2 heteroatoms. The van der Waals surface area contributed by atoms with Crippen molar-refractivity contribution in [1.29, 1.82) is 0 Å². The summed E-state index contributed by atoms with van der Waals surface area (Å²) in [6.45, 7) is 3.97. The van der Waals surface area contributed by atoms with E-state index in [2.05, 4.69) is 25.6 Å². The number of hydrogen-bond donors (Lipinski definition) is 2. The number of hydrogen-bond acceptors (Lipinski definition) is 2. The third-order valence-electron chi connectivity index (χ3n) is 2.14. The molecule has 0 bridgehead atoms. The number of aryl methyl sites for hydroxylation is 1. The van der Waals surface area contributed by atoms with Crippen molar-refractivity contribution in [2.24, 2.45) is 0 Å². The van der Waals surface area contributed by atoms with E-state index in [0.29, 0.717) is 5.75 Å². The molecule has 0 amide bonds. The Kier molecular flexibility index (Phi) is 3.43. The summed E-state index contributed by atoms with van der Waals surface area (Å²) in [6, 6.07) is 3.88. The molecule has 0 atom stereocenters. The van der Waals surface area contributed by atoms with E-state index < -0.39 is 0 Å². The minimum atomic E-state index is 0.362. The van der Waals surface area contributed by atoms with Gasteiger partial charge in [-0.15, -0.1) is 0 Å². The minimum Gasteiger partial charge on any atom is -0.508 e. The van der Waals surface area contributed by atoms with Crippen molar-refractivity contribution in [2.45, 2.75) is 20.3 Å². The third-order valence-corrected chi connectivity index (χ3v) is 2.29. The van der Waals surface area contributed by atoms with Crippen molar-refractivity contribution in [3.05, 3.63) is 34.2 Å². The average molecular weight is 194 g/mol. The van der Waals surface area contributed by atoms with Gasteiger partial charge in [-0.2, -0.15) is 12.6 Å². The second kappa shape index (κ2) is 4.38. The van der Waals surface area contributed by atoms with E-state index in [1.54, 1.807) is 5.41 Å². The van der Waals surface area contributed by atoms with E-state index in [4.69, 9.17) is 0 Å². The Bertz CT molecular complexity index is 329. The van der Waals surface area contributed by atoms with Gasteiger partial charge in [0.1, 0.15) is 5.75 Å². The number of thiol groups is 1. The molecule has 0 aromatic heterocycles. The predicted octanol–water partition coefficient (Wildman–Crippen LogP) is 3.16. The highest BCUT2D eigenvalue weighted by Crippen LogP contribution is 2.24. The fraction of sp³-hybridized carbons (Fsp3) is 0.273. The summed E-state index contributed by atoms with van der Waals surface area (Å²) in [5, 5.41) is 11.3. The first-order valence-corrected chi connectivity index (χ1v) is 4.84. The maximum atomic E-state index is 9.58. The Morgan fingerprint density at radius 1 is 1.46 bits per heavy atom. The molecular weight excluding hydrogens is 180 g/mol. The van der Waals surface area contributed by atoms with Gasteiger partial charge >= 0.3 is 0 Å². The van der Waals surface area contributed by atoms with Crippen molar-refractivity contribution in [2.75, 3.05) is 0 Å². The largest absolute Gasteiger partial charge is 0.508 e. The van der Waals surface area contributed by atoms with Crippen LogP contribution < -0.4 is 0 Å². The number of benzene rings is 1. The van der Waals surface area contributed by atoms with Crippen molar-refractivity contribution in [1.82, 2.24) is 0 Å². The van der Waals surface area contributed by atoms with E-state index in [9.17, 15) is 5.11 Å². The lowest BCUT2D eigenvalue weighted by atomic mass is 10.0. The molecule has 13 heavy (non-hydrogen) atoms. The van der Waals surface area contributed by atoms with Gasteiger partial charge in [0.05, 0.1) is 0 Å². The minimum absolute atomic E-state index is 0.362. The van der Waals surface area contributed by atoms with Gasteiger partial charge < -0.3 is 5.11 Å². The molecule has 70 valence electrons. The van der Waals surface area contributed by atoms with Crippen molar-refractivity contribution in [3.63, 3.8) is 0 Å². The highest BCUT2D eigenvalue weighted by atomic mass is 32.1. The van der Waals surface area contributed by atoms with Gasteiger partial charge in [0.2, 0.25) is 0 Å². The summed E-state index contributed by atoms with van der Waals surface area (Å²) in [4.78, 5) is 0. The lowest BCUT2D eigenvalue weighted by Gasteiger charge is -2.06. The zero-order valence-electron chi connectivity index (χ0n) is 7.91. The second-order valence-electron chi connectivity index (χ2n) is 3.00. The number of aromatic hydroxyl groups is 1. The molecule has 0 spiro atoms. The van der Waals surface area contributed by atoms with E-state index in [1.807, 2.05) is 19.1 Å². The van der Waals surface area contributed by atoms with Crippen LogP contribution in [0.4, 0.5) is 0 Å². The van der Waals surface area contributed by atoms with Gasteiger partial charge in [-0.1, -0.05) is 13.0 Å². The predicted molar refractivity (Wildman–Crippen MR) is 60.2 cm³/mol. The summed E-state index contributed by atoms with van der Waals surface area (Å²) in [6.07, 6.45) is 2.82. The Hall–Kier alpha value is -0.890. The first kappa shape index (κ1) is 10.2. The molecule has 1 rings (SSSR count). The quantitative estimate of drug-likeness (QED) is 0.693. The number of phenolic OH excluding ortho intramolecular Hbond substituents is 1. The van der Waals surface area contributed by atoms with Gasteiger partial charge in [-0.3, -0.25) is 0 Å². The zero-order chi connectivity index (χ0) is 9.84. The maximum absolute atomic E-state index is 9.58. The maximum Gasteiger partial charge on any atom is 0.119 e. The SMILES string of the molecule is CCc1cc(O)c(C)c(/C=C\S)c1. The standard InChI is InChI=1S/C11H14OS/c1-3-9-6-10(4-5-13)8(2)11(12)7-9/h4-7,12-13H,3H2,1-2H3/b5-4-. The molecule has 1 aromatic rings. The van der Waals surface area contributed by atoms with Gasteiger partial charge in [-0.25, -0.2) is 0 Å². The molecule has 0 fully saturated rings. The smallest absolute Gasteiger partial charge is 0.119 e. The summed E-state index contributed by atoms with van der Waals surface area (Å²) in [5.74, 6) is 0.362. The Labute approximate surface area is 84.5 Å². The first-order valence-electron chi connectivity index (χ1n) is 4.32. The van der Waals surface area contributed by atoms with Crippen LogP contribution in [0.5, 0.6) is 5.75 Å². The normalized spacial score (nSPS) is 11.0. The molecule has 0 heterocycles. The van der Waals surface area contributed by atoms with Gasteiger partial charge in [-0.05, 0) is 47.6 Å². The lowest BCUT2D eigenvalue weighted by Crippen LogP contribution is -1.87. The van der Waals surface area contributed by atoms with Crippen molar-refractivity contribution >= 4 is 18.7 Å². The number of rotatable bonds is 2. The molecule has 0 saturated carbocycles. The van der Waals surface area contributed by atoms with Crippen LogP contribution in [-0.2, 0) is 6.42 Å². The van der Waals surface area contributed by atoms with E-state index >= 15 is 0 Å². The van der Waals surface area contributed by atoms with Crippen LogP contribution in [0, 0.1) is 6.92 Å². The molecule has 0 aliphatic rings. The second-order valence-corrected chi connectivity index (χ2v) is 3.30. The van der Waals surface area contributed by atoms with E-state index in [0.717, 1.165) is 23.1 Å². The molecule has 0 unspecified atom stereocenters. The average Bonchev–Trinajstić information content (AvgIpc) is 2.13. The number of phenols is 1. The molecule has 0 aliphatic heterocycles. The topological polar surface area (TPSA) is 20.2 Å². The van der Waals surface area contributed by atoms with Gasteiger partial charge in [0, 0.05) is 0 Å². The fourth-order valence-corrected chi connectivity index (χ4v) is 1.40. The van der Waals surface area contributed by atoms with Crippen LogP contribution in [0.1, 0.15) is 23.6 Å². The van der Waals surface area contributed by atoms with Crippen LogP contribution in [-0.4, -0.2) is 5.11 Å². The molecule has 0 saturated heterocycles. The molecule has 1 N–H and O–H groups in total. The molecule has 1 aromatic carbocycles. The molecule has 0 radical (unpaired) electrons. The van der Waals surface area contributed by atoms with Crippen LogP contribution in [0.25, 0.3) is 6.08 Å². The summed E-state index contributed by atoms with van der Waals surface area (Å²) < 4.78 is 0. The Balaban J connectivity index is 3.24. The molecule has 1 nitrogen and oxygen atoms in total. The monoisotopic (exact) mass is 194 g/mol. The fourth-order valence-electron chi connectivity index (χ4n) is 1.24. The van der Waals surface area contributed by atoms with E-state index in [1.165, 1.54) is 0 Å². The summed E-state index contributed by atoms with van der Waals surface area (Å²) in [5.41, 5.74) is 3.08. The highest BCUT2D eigenvalue weighted by Gasteiger charge is 2.02. The summed E-state index contributed by atoms with van der Waals surface area (Å²) in [7, 11) is 0.